The molecule has 2 N–H and O–H groups in total. The molecular formula is C16H21N3O4S. The molecule has 1 aliphatic rings. The minimum Gasteiger partial charge on any atom is -0.481 e. The molecule has 3 amide bonds. The number of nitrogens with zero attached hydrogens (tertiary/aromatic N) is 1. The molecule has 1 aliphatic heterocycles. The van der Waals surface area contributed by atoms with E-state index in [2.05, 4.69) is 10.9 Å². The average molecular weight is 351 g/mol. The van der Waals surface area contributed by atoms with Crippen LogP contribution in [0.5, 0.6) is 5.75 Å². The molecule has 0 saturated carbocycles. The van der Waals surface area contributed by atoms with Gasteiger partial charge in [0.25, 0.3) is 17.1 Å². The van der Waals surface area contributed by atoms with Gasteiger partial charge in [-0.2, -0.15) is 0 Å². The first-order valence-electron chi connectivity index (χ1n) is 7.61. The van der Waals surface area contributed by atoms with E-state index < -0.39 is 17.9 Å². The van der Waals surface area contributed by atoms with Crippen molar-refractivity contribution in [2.24, 2.45) is 0 Å². The lowest BCUT2D eigenvalue weighted by Gasteiger charge is -2.18. The number of nitrogens with one attached hydrogen (secondary N) is 2. The maximum atomic E-state index is 12.0. The number of benzene rings is 1. The number of hydrazine groups is 1. The maximum Gasteiger partial charge on any atom is 0.282 e. The Morgan fingerprint density at radius 2 is 2.08 bits per heavy atom. The Hall–Kier alpha value is -2.22. The fourth-order valence-corrected chi connectivity index (χ4v) is 2.94. The molecule has 0 radical (unpaired) electrons. The number of carbonyl (C=O) groups excluding carboxylic acids is 3. The Kier molecular flexibility index (Phi) is 6.08. The Labute approximate surface area is 145 Å². The SMILES string of the molecule is Cc1cccc(O[C@@H](C)C(=O)NNC(=O)CN2CCSC2=O)c1C. The molecule has 1 aromatic rings. The fourth-order valence-electron chi connectivity index (χ4n) is 2.11. The highest BCUT2D eigenvalue weighted by atomic mass is 32.2. The molecule has 1 saturated heterocycles. The summed E-state index contributed by atoms with van der Waals surface area (Å²) in [7, 11) is 0. The van der Waals surface area contributed by atoms with Crippen molar-refractivity contribution in [1.29, 1.82) is 0 Å². The van der Waals surface area contributed by atoms with Crippen molar-refractivity contribution in [1.82, 2.24) is 15.8 Å². The lowest BCUT2D eigenvalue weighted by molar-refractivity contribution is -0.132. The standard InChI is InChI=1S/C16H21N3O4S/c1-10-5-4-6-13(11(10)2)23-12(3)15(21)18-17-14(20)9-19-7-8-24-16(19)22/h4-6,12H,7-9H2,1-3H3,(H,17,20)(H,18,21)/t12-/m0/s1. The van der Waals surface area contributed by atoms with Gasteiger partial charge in [-0.3, -0.25) is 25.2 Å². The first-order chi connectivity index (χ1) is 11.4. The van der Waals surface area contributed by atoms with E-state index in [0.717, 1.165) is 11.1 Å². The zero-order valence-electron chi connectivity index (χ0n) is 13.9. The highest BCUT2D eigenvalue weighted by Crippen LogP contribution is 2.21. The quantitative estimate of drug-likeness (QED) is 0.783. The van der Waals surface area contributed by atoms with Gasteiger partial charge >= 0.3 is 0 Å². The molecule has 0 spiro atoms. The highest BCUT2D eigenvalue weighted by molar-refractivity contribution is 8.13. The van der Waals surface area contributed by atoms with Crippen molar-refractivity contribution in [2.75, 3.05) is 18.8 Å². The Morgan fingerprint density at radius 1 is 1.33 bits per heavy atom. The van der Waals surface area contributed by atoms with Gasteiger partial charge in [0.15, 0.2) is 6.10 Å². The summed E-state index contributed by atoms with van der Waals surface area (Å²) >= 11 is 1.18. The van der Waals surface area contributed by atoms with Gasteiger partial charge in [0, 0.05) is 12.3 Å². The van der Waals surface area contributed by atoms with Gasteiger partial charge in [-0.05, 0) is 38.0 Å². The molecule has 0 aliphatic carbocycles. The van der Waals surface area contributed by atoms with Crippen LogP contribution in [0.2, 0.25) is 0 Å². The Balaban J connectivity index is 1.80. The summed E-state index contributed by atoms with van der Waals surface area (Å²) in [5.41, 5.74) is 6.65. The number of rotatable bonds is 5. The van der Waals surface area contributed by atoms with Crippen molar-refractivity contribution in [3.63, 3.8) is 0 Å². The minimum absolute atomic E-state index is 0.0711. The highest BCUT2D eigenvalue weighted by Gasteiger charge is 2.24. The van der Waals surface area contributed by atoms with Crippen LogP contribution in [0.1, 0.15) is 18.1 Å². The van der Waals surface area contributed by atoms with E-state index in [1.165, 1.54) is 16.7 Å². The van der Waals surface area contributed by atoms with Gasteiger partial charge in [0.2, 0.25) is 0 Å². The van der Waals surface area contributed by atoms with Crippen LogP contribution in [-0.4, -0.2) is 46.9 Å². The third-order valence-electron chi connectivity index (χ3n) is 3.73. The molecule has 0 unspecified atom stereocenters. The number of thioether (sulfide) groups is 1. The third-order valence-corrected chi connectivity index (χ3v) is 4.62. The normalized spacial score (nSPS) is 15.1. The second-order valence-corrected chi connectivity index (χ2v) is 6.58. The van der Waals surface area contributed by atoms with Gasteiger partial charge in [-0.25, -0.2) is 0 Å². The minimum atomic E-state index is -0.769. The van der Waals surface area contributed by atoms with Crippen LogP contribution in [0.3, 0.4) is 0 Å². The topological polar surface area (TPSA) is 87.7 Å². The van der Waals surface area contributed by atoms with Crippen LogP contribution in [0.25, 0.3) is 0 Å². The van der Waals surface area contributed by atoms with Crippen molar-refractivity contribution >= 4 is 28.8 Å². The van der Waals surface area contributed by atoms with E-state index in [1.54, 1.807) is 13.0 Å². The van der Waals surface area contributed by atoms with Crippen molar-refractivity contribution in [3.8, 4) is 5.75 Å². The second kappa shape index (κ2) is 8.05. The molecule has 130 valence electrons. The van der Waals surface area contributed by atoms with Gasteiger partial charge in [-0.1, -0.05) is 23.9 Å². The smallest absolute Gasteiger partial charge is 0.282 e. The summed E-state index contributed by atoms with van der Waals surface area (Å²) in [6.45, 7) is 5.95. The molecule has 1 atom stereocenters. The molecule has 7 nitrogen and oxygen atoms in total. The van der Waals surface area contributed by atoms with Crippen LogP contribution in [0.4, 0.5) is 4.79 Å². The van der Waals surface area contributed by atoms with Crippen LogP contribution in [0, 0.1) is 13.8 Å². The predicted molar refractivity (Wildman–Crippen MR) is 91.7 cm³/mol. The first-order valence-corrected chi connectivity index (χ1v) is 8.60. The van der Waals surface area contributed by atoms with Gasteiger partial charge in [-0.15, -0.1) is 0 Å². The molecule has 0 aromatic heterocycles. The van der Waals surface area contributed by atoms with Gasteiger partial charge in [0.1, 0.15) is 12.3 Å². The number of hydrogen-bond donors (Lipinski definition) is 2. The first kappa shape index (κ1) is 18.1. The van der Waals surface area contributed by atoms with Crippen LogP contribution < -0.4 is 15.6 Å². The Morgan fingerprint density at radius 3 is 2.75 bits per heavy atom. The number of aryl methyl sites for hydroxylation is 1. The molecule has 1 heterocycles. The number of carbonyl (C=O) groups is 3. The fraction of sp³-hybridized carbons (Fsp3) is 0.438. The molecule has 1 fully saturated rings. The lowest BCUT2D eigenvalue weighted by atomic mass is 10.1. The summed E-state index contributed by atoms with van der Waals surface area (Å²) in [5, 5.41) is -0.122. The van der Waals surface area contributed by atoms with Crippen molar-refractivity contribution < 1.29 is 19.1 Å². The maximum absolute atomic E-state index is 12.0. The van der Waals surface area contributed by atoms with Crippen LogP contribution >= 0.6 is 11.8 Å². The summed E-state index contributed by atoms with van der Waals surface area (Å²) in [6.07, 6.45) is -0.769. The average Bonchev–Trinajstić information content (AvgIpc) is 2.94. The van der Waals surface area contributed by atoms with Crippen LogP contribution in [-0.2, 0) is 9.59 Å². The van der Waals surface area contributed by atoms with E-state index in [1.807, 2.05) is 26.0 Å². The second-order valence-electron chi connectivity index (χ2n) is 5.53. The Bertz CT molecular complexity index is 650. The van der Waals surface area contributed by atoms with E-state index in [4.69, 9.17) is 4.74 Å². The summed E-state index contributed by atoms with van der Waals surface area (Å²) in [5.74, 6) is 0.396. The zero-order valence-corrected chi connectivity index (χ0v) is 14.7. The molecule has 0 bridgehead atoms. The molecular weight excluding hydrogens is 330 g/mol. The van der Waals surface area contributed by atoms with Crippen LogP contribution in [0.15, 0.2) is 18.2 Å². The van der Waals surface area contributed by atoms with Gasteiger partial charge < -0.3 is 9.64 Å². The number of ether oxygens (including phenoxy) is 1. The lowest BCUT2D eigenvalue weighted by Crippen LogP contribution is -2.50. The third kappa shape index (κ3) is 4.64. The molecule has 1 aromatic carbocycles. The van der Waals surface area contributed by atoms with Crippen molar-refractivity contribution in [2.45, 2.75) is 26.9 Å². The van der Waals surface area contributed by atoms with E-state index >= 15 is 0 Å². The molecule has 24 heavy (non-hydrogen) atoms. The summed E-state index contributed by atoms with van der Waals surface area (Å²) in [6, 6.07) is 5.61. The van der Waals surface area contributed by atoms with E-state index in [-0.39, 0.29) is 11.8 Å². The van der Waals surface area contributed by atoms with Gasteiger partial charge in [0.05, 0.1) is 0 Å². The molecule has 8 heteroatoms. The van der Waals surface area contributed by atoms with E-state index in [9.17, 15) is 14.4 Å². The predicted octanol–water partition coefficient (Wildman–Crippen LogP) is 1.39. The number of hydrogen-bond acceptors (Lipinski definition) is 5. The van der Waals surface area contributed by atoms with E-state index in [0.29, 0.717) is 18.0 Å². The number of amides is 3. The van der Waals surface area contributed by atoms with Crippen molar-refractivity contribution in [3.05, 3.63) is 29.3 Å². The monoisotopic (exact) mass is 351 g/mol. The zero-order chi connectivity index (χ0) is 17.7. The molecule has 2 rings (SSSR count). The summed E-state index contributed by atoms with van der Waals surface area (Å²) < 4.78 is 5.64. The largest absolute Gasteiger partial charge is 0.481 e. The summed E-state index contributed by atoms with van der Waals surface area (Å²) in [4.78, 5) is 36.6.